The molecule has 5 fully saturated rings. The standard InChI is InChI=1S/C29H46O3/c1-19(8-7-17-30)21-11-13-27(6)23-10-9-22-25(3,4)24(32-20(2)31)12-14-28(22)18-29(23,28)16-15-26(21,27)5/h17,19,21-24H,7-16,18H2,1-6H3/t19-,21-,22+,23+,24+,26-,27+,28-,29-/m1/s1. The minimum absolute atomic E-state index is 0.0849. The Morgan fingerprint density at radius 1 is 0.938 bits per heavy atom. The first kappa shape index (κ1) is 22.9. The molecule has 5 aliphatic carbocycles. The number of hydrogen-bond acceptors (Lipinski definition) is 3. The van der Waals surface area contributed by atoms with Gasteiger partial charge < -0.3 is 9.53 Å². The average Bonchev–Trinajstić information content (AvgIpc) is 3.31. The second-order valence-electron chi connectivity index (χ2n) is 13.8. The highest BCUT2D eigenvalue weighted by atomic mass is 16.5. The number of carbonyl (C=O) groups excluding carboxylic acids is 2. The second kappa shape index (κ2) is 7.08. The molecule has 180 valence electrons. The van der Waals surface area contributed by atoms with Gasteiger partial charge in [0.2, 0.25) is 0 Å². The molecule has 0 aromatic heterocycles. The maximum atomic E-state index is 11.8. The molecule has 32 heavy (non-hydrogen) atoms. The maximum absolute atomic E-state index is 11.8. The molecule has 0 aromatic rings. The monoisotopic (exact) mass is 442 g/mol. The molecule has 0 saturated heterocycles. The summed E-state index contributed by atoms with van der Waals surface area (Å²) in [7, 11) is 0. The number of aldehydes is 1. The lowest BCUT2D eigenvalue weighted by atomic mass is 9.41. The number of esters is 1. The molecule has 5 saturated carbocycles. The van der Waals surface area contributed by atoms with Gasteiger partial charge in [0.25, 0.3) is 0 Å². The Balaban J connectivity index is 1.43. The van der Waals surface area contributed by atoms with E-state index >= 15 is 0 Å². The van der Waals surface area contributed by atoms with E-state index < -0.39 is 0 Å². The highest BCUT2D eigenvalue weighted by Gasteiger charge is 2.82. The van der Waals surface area contributed by atoms with Crippen LogP contribution in [0, 0.1) is 50.7 Å². The minimum Gasteiger partial charge on any atom is -0.462 e. The van der Waals surface area contributed by atoms with Gasteiger partial charge >= 0.3 is 5.97 Å². The molecule has 0 N–H and O–H groups in total. The van der Waals surface area contributed by atoms with E-state index in [1.54, 1.807) is 6.92 Å². The molecular formula is C29H46O3. The summed E-state index contributed by atoms with van der Waals surface area (Å²) < 4.78 is 5.87. The van der Waals surface area contributed by atoms with E-state index in [1.807, 2.05) is 0 Å². The van der Waals surface area contributed by atoms with Gasteiger partial charge in [-0.15, -0.1) is 0 Å². The van der Waals surface area contributed by atoms with Crippen LogP contribution >= 0.6 is 0 Å². The Bertz CT molecular complexity index is 802. The summed E-state index contributed by atoms with van der Waals surface area (Å²) >= 11 is 0. The van der Waals surface area contributed by atoms with Crippen molar-refractivity contribution in [1.82, 2.24) is 0 Å². The zero-order chi connectivity index (χ0) is 23.2. The van der Waals surface area contributed by atoms with Crippen molar-refractivity contribution in [2.45, 2.75) is 118 Å². The summed E-state index contributed by atoms with van der Waals surface area (Å²) in [6.07, 6.45) is 14.9. The van der Waals surface area contributed by atoms with Crippen LogP contribution < -0.4 is 0 Å². The van der Waals surface area contributed by atoms with Crippen LogP contribution in [0.4, 0.5) is 0 Å². The molecule has 0 amide bonds. The van der Waals surface area contributed by atoms with Gasteiger partial charge in [0, 0.05) is 18.8 Å². The third-order valence-electron chi connectivity index (χ3n) is 12.8. The molecule has 5 rings (SSSR count). The quantitative estimate of drug-likeness (QED) is 0.341. The third kappa shape index (κ3) is 2.66. The van der Waals surface area contributed by atoms with Crippen molar-refractivity contribution in [1.29, 1.82) is 0 Å². The Morgan fingerprint density at radius 2 is 1.62 bits per heavy atom. The van der Waals surface area contributed by atoms with Crippen LogP contribution in [0.5, 0.6) is 0 Å². The molecule has 0 aliphatic heterocycles. The lowest BCUT2D eigenvalue weighted by Gasteiger charge is -2.63. The lowest BCUT2D eigenvalue weighted by Crippen LogP contribution is -2.58. The average molecular weight is 443 g/mol. The lowest BCUT2D eigenvalue weighted by molar-refractivity contribution is -0.181. The molecule has 0 radical (unpaired) electrons. The van der Waals surface area contributed by atoms with Crippen LogP contribution in [0.15, 0.2) is 0 Å². The maximum Gasteiger partial charge on any atom is 0.302 e. The zero-order valence-corrected chi connectivity index (χ0v) is 21.5. The van der Waals surface area contributed by atoms with Gasteiger partial charge in [-0.1, -0.05) is 34.6 Å². The van der Waals surface area contributed by atoms with Crippen molar-refractivity contribution in [2.75, 3.05) is 0 Å². The summed E-state index contributed by atoms with van der Waals surface area (Å²) in [6.45, 7) is 14.1. The van der Waals surface area contributed by atoms with Crippen LogP contribution in [0.2, 0.25) is 0 Å². The topological polar surface area (TPSA) is 43.4 Å². The fraction of sp³-hybridized carbons (Fsp3) is 0.931. The van der Waals surface area contributed by atoms with Crippen molar-refractivity contribution in [3.05, 3.63) is 0 Å². The van der Waals surface area contributed by atoms with Crippen LogP contribution in [0.3, 0.4) is 0 Å². The molecule has 5 aliphatic rings. The van der Waals surface area contributed by atoms with Gasteiger partial charge in [-0.05, 0) is 110 Å². The van der Waals surface area contributed by atoms with E-state index in [2.05, 4.69) is 34.6 Å². The molecule has 3 heteroatoms. The first-order valence-electron chi connectivity index (χ1n) is 13.6. The predicted octanol–water partition coefficient (Wildman–Crippen LogP) is 6.97. The summed E-state index contributed by atoms with van der Waals surface area (Å²) in [6, 6.07) is 0. The largest absolute Gasteiger partial charge is 0.462 e. The third-order valence-corrected chi connectivity index (χ3v) is 12.8. The van der Waals surface area contributed by atoms with Crippen LogP contribution in [-0.4, -0.2) is 18.4 Å². The number of carbonyl (C=O) groups is 2. The van der Waals surface area contributed by atoms with Crippen molar-refractivity contribution in [3.63, 3.8) is 0 Å². The van der Waals surface area contributed by atoms with Crippen molar-refractivity contribution < 1.29 is 14.3 Å². The van der Waals surface area contributed by atoms with E-state index in [0.29, 0.717) is 33.5 Å². The normalized spacial score (nSPS) is 51.4. The molecule has 0 aromatic carbocycles. The molecule has 0 unspecified atom stereocenters. The van der Waals surface area contributed by atoms with Gasteiger partial charge in [0.15, 0.2) is 0 Å². The van der Waals surface area contributed by atoms with Crippen molar-refractivity contribution in [3.8, 4) is 0 Å². The highest BCUT2D eigenvalue weighted by molar-refractivity contribution is 5.66. The fourth-order valence-corrected chi connectivity index (χ4v) is 11.2. The summed E-state index contributed by atoms with van der Waals surface area (Å²) in [5.74, 6) is 2.87. The number of rotatable bonds is 5. The first-order chi connectivity index (χ1) is 15.0. The fourth-order valence-electron chi connectivity index (χ4n) is 11.2. The van der Waals surface area contributed by atoms with Crippen LogP contribution in [-0.2, 0) is 14.3 Å². The minimum atomic E-state index is -0.111. The van der Waals surface area contributed by atoms with Crippen LogP contribution in [0.25, 0.3) is 0 Å². The van der Waals surface area contributed by atoms with Gasteiger partial charge in [-0.2, -0.15) is 0 Å². The Morgan fingerprint density at radius 3 is 2.31 bits per heavy atom. The van der Waals surface area contributed by atoms with E-state index in [4.69, 9.17) is 4.74 Å². The Labute approximate surface area is 195 Å². The number of fused-ring (bicyclic) bond motifs is 2. The second-order valence-corrected chi connectivity index (χ2v) is 13.8. The number of ether oxygens (including phenoxy) is 1. The molecular weight excluding hydrogens is 396 g/mol. The van der Waals surface area contributed by atoms with E-state index in [-0.39, 0.29) is 17.5 Å². The van der Waals surface area contributed by atoms with Crippen molar-refractivity contribution >= 4 is 12.3 Å². The van der Waals surface area contributed by atoms with E-state index in [9.17, 15) is 9.59 Å². The zero-order valence-electron chi connectivity index (χ0n) is 21.5. The summed E-state index contributed by atoms with van der Waals surface area (Å²) in [5.41, 5.74) is 2.00. The van der Waals surface area contributed by atoms with Gasteiger partial charge in [-0.25, -0.2) is 0 Å². The van der Waals surface area contributed by atoms with E-state index in [1.165, 1.54) is 51.4 Å². The van der Waals surface area contributed by atoms with E-state index in [0.717, 1.165) is 37.4 Å². The van der Waals surface area contributed by atoms with Crippen LogP contribution in [0.1, 0.15) is 112 Å². The smallest absolute Gasteiger partial charge is 0.302 e. The summed E-state index contributed by atoms with van der Waals surface area (Å²) in [5, 5.41) is 0. The molecule has 3 nitrogen and oxygen atoms in total. The first-order valence-corrected chi connectivity index (χ1v) is 13.6. The highest BCUT2D eigenvalue weighted by Crippen LogP contribution is 2.89. The van der Waals surface area contributed by atoms with Gasteiger partial charge in [0.05, 0.1) is 0 Å². The SMILES string of the molecule is CC(=O)O[C@H]1CC[C@]23C[C@@]24CC[C@]2(C)[C@@H]([C@H](C)CCC=O)CC[C@@]2(C)[C@@H]4CC[C@H]3C1(C)C. The molecule has 0 heterocycles. The Hall–Kier alpha value is -0.860. The molecule has 2 spiro atoms. The Kier molecular flexibility index (Phi) is 5.07. The molecule has 0 bridgehead atoms. The summed E-state index contributed by atoms with van der Waals surface area (Å²) in [4.78, 5) is 22.8. The van der Waals surface area contributed by atoms with Gasteiger partial charge in [0.1, 0.15) is 12.4 Å². The van der Waals surface area contributed by atoms with Gasteiger partial charge in [-0.3, -0.25) is 4.79 Å². The van der Waals surface area contributed by atoms with Crippen molar-refractivity contribution in [2.24, 2.45) is 50.7 Å². The molecule has 9 atom stereocenters. The predicted molar refractivity (Wildman–Crippen MR) is 127 cm³/mol. The number of hydrogen-bond donors (Lipinski definition) is 0.